The van der Waals surface area contributed by atoms with Gasteiger partial charge in [-0.1, -0.05) is 12.1 Å². The number of rotatable bonds is 4. The van der Waals surface area contributed by atoms with Gasteiger partial charge in [-0.25, -0.2) is 4.98 Å². The molecule has 0 unspecified atom stereocenters. The van der Waals surface area contributed by atoms with Crippen LogP contribution in [-0.2, 0) is 6.54 Å². The van der Waals surface area contributed by atoms with Crippen LogP contribution in [0.25, 0.3) is 11.1 Å². The minimum atomic E-state index is -0.147. The Morgan fingerprint density at radius 1 is 1.23 bits per heavy atom. The minimum absolute atomic E-state index is 0.147. The average molecular weight is 296 g/mol. The van der Waals surface area contributed by atoms with Gasteiger partial charge < -0.3 is 14.5 Å². The van der Waals surface area contributed by atoms with Gasteiger partial charge >= 0.3 is 0 Å². The van der Waals surface area contributed by atoms with Gasteiger partial charge in [-0.2, -0.15) is 0 Å². The van der Waals surface area contributed by atoms with Crippen LogP contribution in [0.5, 0.6) is 5.75 Å². The highest BCUT2D eigenvalue weighted by atomic mass is 16.5. The first-order valence-electron chi connectivity index (χ1n) is 6.94. The highest BCUT2D eigenvalue weighted by Crippen LogP contribution is 2.17. The molecule has 0 fully saturated rings. The van der Waals surface area contributed by atoms with Crippen molar-refractivity contribution in [1.82, 2.24) is 10.3 Å². The average Bonchev–Trinajstić information content (AvgIpc) is 2.92. The van der Waals surface area contributed by atoms with Gasteiger partial charge in [0, 0.05) is 19.0 Å². The van der Waals surface area contributed by atoms with Crippen LogP contribution in [0.1, 0.15) is 21.8 Å². The van der Waals surface area contributed by atoms with E-state index in [2.05, 4.69) is 10.3 Å². The monoisotopic (exact) mass is 296 g/mol. The first-order chi connectivity index (χ1) is 10.7. The van der Waals surface area contributed by atoms with Gasteiger partial charge in [-0.15, -0.1) is 0 Å². The molecule has 1 amide bonds. The number of nitrogens with zero attached hydrogens (tertiary/aromatic N) is 1. The summed E-state index contributed by atoms with van der Waals surface area (Å²) in [7, 11) is 1.62. The first kappa shape index (κ1) is 14.1. The molecule has 0 atom stereocenters. The molecule has 5 nitrogen and oxygen atoms in total. The number of amides is 1. The SMILES string of the molecule is COc1ccc(CNC(=O)c2ccc3nc(C)oc3c2)cc1. The Morgan fingerprint density at radius 3 is 2.73 bits per heavy atom. The Labute approximate surface area is 127 Å². The van der Waals surface area contributed by atoms with Crippen LogP contribution in [-0.4, -0.2) is 18.0 Å². The fourth-order valence-electron chi connectivity index (χ4n) is 2.21. The van der Waals surface area contributed by atoms with Gasteiger partial charge in [-0.05, 0) is 35.9 Å². The summed E-state index contributed by atoms with van der Waals surface area (Å²) in [6.45, 7) is 2.24. The Hall–Kier alpha value is -2.82. The standard InChI is InChI=1S/C17H16N2O3/c1-11-19-15-8-5-13(9-16(15)22-11)17(20)18-10-12-3-6-14(21-2)7-4-12/h3-9H,10H2,1-2H3,(H,18,20). The van der Waals surface area contributed by atoms with Crippen LogP contribution in [0.2, 0.25) is 0 Å². The molecule has 0 saturated heterocycles. The van der Waals surface area contributed by atoms with Crippen molar-refractivity contribution >= 4 is 17.0 Å². The highest BCUT2D eigenvalue weighted by molar-refractivity contribution is 5.96. The van der Waals surface area contributed by atoms with Crippen LogP contribution < -0.4 is 10.1 Å². The molecule has 0 bridgehead atoms. The van der Waals surface area contributed by atoms with Crippen molar-refractivity contribution in [3.05, 3.63) is 59.5 Å². The molecule has 0 aliphatic heterocycles. The summed E-state index contributed by atoms with van der Waals surface area (Å²) in [6, 6.07) is 12.8. The zero-order valence-corrected chi connectivity index (χ0v) is 12.4. The number of aryl methyl sites for hydroxylation is 1. The molecule has 1 aromatic heterocycles. The summed E-state index contributed by atoms with van der Waals surface area (Å²) in [6.07, 6.45) is 0. The molecular formula is C17H16N2O3. The Morgan fingerprint density at radius 2 is 2.00 bits per heavy atom. The molecule has 0 aliphatic carbocycles. The first-order valence-corrected chi connectivity index (χ1v) is 6.94. The molecule has 3 rings (SSSR count). The maximum atomic E-state index is 12.2. The number of nitrogens with one attached hydrogen (secondary N) is 1. The van der Waals surface area contributed by atoms with Crippen LogP contribution >= 0.6 is 0 Å². The third kappa shape index (κ3) is 2.93. The molecule has 2 aromatic carbocycles. The second kappa shape index (κ2) is 5.89. The van der Waals surface area contributed by atoms with Gasteiger partial charge in [0.1, 0.15) is 11.3 Å². The van der Waals surface area contributed by atoms with E-state index in [1.807, 2.05) is 24.3 Å². The van der Waals surface area contributed by atoms with Crippen molar-refractivity contribution in [2.24, 2.45) is 0 Å². The van der Waals surface area contributed by atoms with Gasteiger partial charge in [0.2, 0.25) is 0 Å². The van der Waals surface area contributed by atoms with E-state index in [9.17, 15) is 4.79 Å². The van der Waals surface area contributed by atoms with Gasteiger partial charge in [0.15, 0.2) is 11.5 Å². The number of carbonyl (C=O) groups is 1. The summed E-state index contributed by atoms with van der Waals surface area (Å²) in [5.41, 5.74) is 2.93. The van der Waals surface area contributed by atoms with Gasteiger partial charge in [-0.3, -0.25) is 4.79 Å². The lowest BCUT2D eigenvalue weighted by atomic mass is 10.1. The molecule has 0 aliphatic rings. The lowest BCUT2D eigenvalue weighted by molar-refractivity contribution is 0.0951. The lowest BCUT2D eigenvalue weighted by Gasteiger charge is -2.06. The molecule has 0 radical (unpaired) electrons. The molecule has 112 valence electrons. The van der Waals surface area contributed by atoms with Crippen molar-refractivity contribution in [2.45, 2.75) is 13.5 Å². The molecule has 0 spiro atoms. The quantitative estimate of drug-likeness (QED) is 0.803. The minimum Gasteiger partial charge on any atom is -0.497 e. The summed E-state index contributed by atoms with van der Waals surface area (Å²) in [4.78, 5) is 16.4. The zero-order chi connectivity index (χ0) is 15.5. The largest absolute Gasteiger partial charge is 0.497 e. The highest BCUT2D eigenvalue weighted by Gasteiger charge is 2.09. The number of oxazole rings is 1. The van der Waals surface area contributed by atoms with Crippen molar-refractivity contribution in [3.63, 3.8) is 0 Å². The van der Waals surface area contributed by atoms with Crippen LogP contribution in [0.4, 0.5) is 0 Å². The molecule has 3 aromatic rings. The van der Waals surface area contributed by atoms with E-state index >= 15 is 0 Å². The Kier molecular flexibility index (Phi) is 3.78. The smallest absolute Gasteiger partial charge is 0.251 e. The fraction of sp³-hybridized carbons (Fsp3) is 0.176. The predicted octanol–water partition coefficient (Wildman–Crippen LogP) is 3.07. The number of ether oxygens (including phenoxy) is 1. The maximum Gasteiger partial charge on any atom is 0.251 e. The predicted molar refractivity (Wildman–Crippen MR) is 82.9 cm³/mol. The van der Waals surface area contributed by atoms with Gasteiger partial charge in [0.05, 0.1) is 7.11 Å². The van der Waals surface area contributed by atoms with E-state index in [1.165, 1.54) is 0 Å². The second-order valence-corrected chi connectivity index (χ2v) is 4.95. The fourth-order valence-corrected chi connectivity index (χ4v) is 2.21. The zero-order valence-electron chi connectivity index (χ0n) is 12.4. The molecular weight excluding hydrogens is 280 g/mol. The Bertz CT molecular complexity index is 806. The van der Waals surface area contributed by atoms with Crippen LogP contribution in [0, 0.1) is 6.92 Å². The van der Waals surface area contributed by atoms with E-state index in [0.29, 0.717) is 23.6 Å². The molecule has 1 heterocycles. The topological polar surface area (TPSA) is 64.4 Å². The van der Waals surface area contributed by atoms with Crippen LogP contribution in [0.3, 0.4) is 0 Å². The number of methoxy groups -OCH3 is 1. The number of aromatic nitrogens is 1. The van der Waals surface area contributed by atoms with E-state index in [1.54, 1.807) is 32.2 Å². The van der Waals surface area contributed by atoms with E-state index in [0.717, 1.165) is 16.8 Å². The molecule has 1 N–H and O–H groups in total. The van der Waals surface area contributed by atoms with E-state index < -0.39 is 0 Å². The van der Waals surface area contributed by atoms with E-state index in [-0.39, 0.29) is 5.91 Å². The third-order valence-corrected chi connectivity index (χ3v) is 3.37. The summed E-state index contributed by atoms with van der Waals surface area (Å²) >= 11 is 0. The van der Waals surface area contributed by atoms with Crippen molar-refractivity contribution in [1.29, 1.82) is 0 Å². The number of fused-ring (bicyclic) bond motifs is 1. The normalized spacial score (nSPS) is 10.6. The number of carbonyl (C=O) groups excluding carboxylic acids is 1. The lowest BCUT2D eigenvalue weighted by Crippen LogP contribution is -2.22. The molecule has 5 heteroatoms. The van der Waals surface area contributed by atoms with Crippen molar-refractivity contribution in [2.75, 3.05) is 7.11 Å². The summed E-state index contributed by atoms with van der Waals surface area (Å²) in [5, 5.41) is 2.88. The Balaban J connectivity index is 1.69. The van der Waals surface area contributed by atoms with Crippen molar-refractivity contribution in [3.8, 4) is 5.75 Å². The van der Waals surface area contributed by atoms with E-state index in [4.69, 9.17) is 9.15 Å². The third-order valence-electron chi connectivity index (χ3n) is 3.37. The summed E-state index contributed by atoms with van der Waals surface area (Å²) in [5.74, 6) is 1.23. The second-order valence-electron chi connectivity index (χ2n) is 4.95. The van der Waals surface area contributed by atoms with Crippen LogP contribution in [0.15, 0.2) is 46.9 Å². The number of benzene rings is 2. The summed E-state index contributed by atoms with van der Waals surface area (Å²) < 4.78 is 10.5. The number of hydrogen-bond donors (Lipinski definition) is 1. The molecule has 0 saturated carbocycles. The van der Waals surface area contributed by atoms with Gasteiger partial charge in [0.25, 0.3) is 5.91 Å². The number of hydrogen-bond acceptors (Lipinski definition) is 4. The maximum absolute atomic E-state index is 12.2. The van der Waals surface area contributed by atoms with Crippen molar-refractivity contribution < 1.29 is 13.9 Å². The molecule has 22 heavy (non-hydrogen) atoms.